The van der Waals surface area contributed by atoms with Crippen LogP contribution in [0.25, 0.3) is 0 Å². The number of hydrogen-bond acceptors (Lipinski definition) is 6. The molecule has 0 saturated carbocycles. The predicted molar refractivity (Wildman–Crippen MR) is 108 cm³/mol. The number of hydrogen-bond donors (Lipinski definition) is 2. The van der Waals surface area contributed by atoms with E-state index in [0.717, 1.165) is 19.4 Å². The minimum atomic E-state index is -0.453. The molecule has 2 aliphatic rings. The molecular formula is C18H26ClN5O4. The largest absolute Gasteiger partial charge is 0.362 e. The van der Waals surface area contributed by atoms with Gasteiger partial charge in [0.15, 0.2) is 0 Å². The second-order valence-electron chi connectivity index (χ2n) is 6.97. The highest BCUT2D eigenvalue weighted by molar-refractivity contribution is 5.96. The van der Waals surface area contributed by atoms with E-state index in [2.05, 4.69) is 10.6 Å². The average molecular weight is 412 g/mol. The minimum Gasteiger partial charge on any atom is -0.362 e. The van der Waals surface area contributed by atoms with E-state index in [4.69, 9.17) is 0 Å². The molecule has 2 heterocycles. The first-order chi connectivity index (χ1) is 13.0. The summed E-state index contributed by atoms with van der Waals surface area (Å²) in [6, 6.07) is 4.66. The van der Waals surface area contributed by atoms with Crippen molar-refractivity contribution in [3.05, 3.63) is 33.9 Å². The lowest BCUT2D eigenvalue weighted by Crippen LogP contribution is -2.48. The van der Waals surface area contributed by atoms with Crippen molar-refractivity contribution in [1.82, 2.24) is 15.5 Å². The van der Waals surface area contributed by atoms with Gasteiger partial charge in [0.25, 0.3) is 11.6 Å². The third-order valence-electron chi connectivity index (χ3n) is 5.13. The van der Waals surface area contributed by atoms with E-state index in [1.54, 1.807) is 17.0 Å². The lowest BCUT2D eigenvalue weighted by Gasteiger charge is -2.35. The van der Waals surface area contributed by atoms with Gasteiger partial charge in [0.05, 0.1) is 4.92 Å². The van der Waals surface area contributed by atoms with Crippen LogP contribution in [0.5, 0.6) is 0 Å². The van der Waals surface area contributed by atoms with Gasteiger partial charge in [0.2, 0.25) is 5.91 Å². The van der Waals surface area contributed by atoms with Crippen LogP contribution in [0.1, 0.15) is 30.1 Å². The van der Waals surface area contributed by atoms with Crippen LogP contribution in [0.4, 0.5) is 11.4 Å². The Kier molecular flexibility index (Phi) is 7.59. The van der Waals surface area contributed by atoms with Gasteiger partial charge in [-0.05, 0) is 31.5 Å². The topological polar surface area (TPSA) is 108 Å². The van der Waals surface area contributed by atoms with Gasteiger partial charge in [-0.25, -0.2) is 0 Å². The Morgan fingerprint density at radius 2 is 1.96 bits per heavy atom. The Morgan fingerprint density at radius 3 is 2.54 bits per heavy atom. The number of amides is 2. The maximum absolute atomic E-state index is 12.5. The van der Waals surface area contributed by atoms with E-state index >= 15 is 0 Å². The summed E-state index contributed by atoms with van der Waals surface area (Å²) in [5.41, 5.74) is 0.693. The summed E-state index contributed by atoms with van der Waals surface area (Å²) in [4.78, 5) is 38.7. The molecule has 10 heteroatoms. The van der Waals surface area contributed by atoms with Gasteiger partial charge in [-0.2, -0.15) is 0 Å². The summed E-state index contributed by atoms with van der Waals surface area (Å²) in [7, 11) is 0. The summed E-state index contributed by atoms with van der Waals surface area (Å²) in [6.07, 6.45) is 1.90. The number of rotatable bonds is 4. The molecule has 2 amide bonds. The van der Waals surface area contributed by atoms with Crippen molar-refractivity contribution in [3.63, 3.8) is 0 Å². The minimum absolute atomic E-state index is 0. The molecule has 1 aromatic rings. The van der Waals surface area contributed by atoms with Crippen molar-refractivity contribution in [1.29, 1.82) is 0 Å². The fourth-order valence-electron chi connectivity index (χ4n) is 3.58. The Balaban J connectivity index is 0.00000280. The predicted octanol–water partition coefficient (Wildman–Crippen LogP) is 1.17. The van der Waals surface area contributed by atoms with E-state index in [1.165, 1.54) is 13.0 Å². The molecule has 0 unspecified atom stereocenters. The standard InChI is InChI=1S/C18H25N5O4.ClH/c1-13(24)21-7-9-22(10-8-21)16-5-4-14(11-17(16)23(26)27)18(25)20-15-3-2-6-19-12-15;/h4-5,11,15,19H,2-3,6-10,12H2,1H3,(H,20,25);1H/t15-;/m0./s1. The Morgan fingerprint density at radius 1 is 1.25 bits per heavy atom. The first-order valence-corrected chi connectivity index (χ1v) is 9.26. The fourth-order valence-corrected chi connectivity index (χ4v) is 3.58. The smallest absolute Gasteiger partial charge is 0.293 e. The number of halogens is 1. The molecule has 154 valence electrons. The molecule has 0 bridgehead atoms. The molecule has 28 heavy (non-hydrogen) atoms. The van der Waals surface area contributed by atoms with Crippen molar-refractivity contribution in [2.45, 2.75) is 25.8 Å². The Labute approximate surface area is 170 Å². The number of piperidine rings is 1. The average Bonchev–Trinajstić information content (AvgIpc) is 2.68. The van der Waals surface area contributed by atoms with Crippen molar-refractivity contribution >= 4 is 35.6 Å². The molecule has 1 atom stereocenters. The van der Waals surface area contributed by atoms with E-state index in [9.17, 15) is 19.7 Å². The first kappa shape index (κ1) is 21.9. The number of benzene rings is 1. The van der Waals surface area contributed by atoms with Crippen LogP contribution in [0, 0.1) is 10.1 Å². The number of carbonyl (C=O) groups excluding carboxylic acids is 2. The van der Waals surface area contributed by atoms with Gasteiger partial charge < -0.3 is 20.4 Å². The highest BCUT2D eigenvalue weighted by Gasteiger charge is 2.26. The van der Waals surface area contributed by atoms with Crippen LogP contribution in [0.3, 0.4) is 0 Å². The summed E-state index contributed by atoms with van der Waals surface area (Å²) in [5.74, 6) is -0.284. The second-order valence-corrected chi connectivity index (χ2v) is 6.97. The number of piperazine rings is 1. The molecule has 0 spiro atoms. The lowest BCUT2D eigenvalue weighted by molar-refractivity contribution is -0.384. The van der Waals surface area contributed by atoms with Gasteiger partial charge >= 0.3 is 0 Å². The molecule has 0 aromatic heterocycles. The molecule has 3 rings (SSSR count). The highest BCUT2D eigenvalue weighted by atomic mass is 35.5. The summed E-state index contributed by atoms with van der Waals surface area (Å²) in [6.45, 7) is 5.30. The molecule has 2 aliphatic heterocycles. The molecule has 2 fully saturated rings. The molecule has 0 radical (unpaired) electrons. The van der Waals surface area contributed by atoms with Gasteiger partial charge in [-0.1, -0.05) is 0 Å². The SMILES string of the molecule is CC(=O)N1CCN(c2ccc(C(=O)N[C@H]3CCCNC3)cc2[N+](=O)[O-])CC1.Cl. The van der Waals surface area contributed by atoms with Gasteiger partial charge in [-0.3, -0.25) is 19.7 Å². The summed E-state index contributed by atoms with van der Waals surface area (Å²) in [5, 5.41) is 17.7. The van der Waals surface area contributed by atoms with Crippen LogP contribution >= 0.6 is 12.4 Å². The quantitative estimate of drug-likeness (QED) is 0.568. The third-order valence-corrected chi connectivity index (χ3v) is 5.13. The van der Waals surface area contributed by atoms with E-state index in [-0.39, 0.29) is 36.0 Å². The van der Waals surface area contributed by atoms with Crippen molar-refractivity contribution in [2.24, 2.45) is 0 Å². The second kappa shape index (κ2) is 9.70. The van der Waals surface area contributed by atoms with Crippen molar-refractivity contribution in [2.75, 3.05) is 44.2 Å². The number of nitrogens with zero attached hydrogens (tertiary/aromatic N) is 3. The zero-order chi connectivity index (χ0) is 19.4. The molecule has 1 aromatic carbocycles. The van der Waals surface area contributed by atoms with Gasteiger partial charge in [0, 0.05) is 57.3 Å². The van der Waals surface area contributed by atoms with Crippen LogP contribution in [0.15, 0.2) is 18.2 Å². The fraction of sp³-hybridized carbons (Fsp3) is 0.556. The number of anilines is 1. The molecular weight excluding hydrogens is 386 g/mol. The number of carbonyl (C=O) groups is 2. The number of nitro benzene ring substituents is 1. The third kappa shape index (κ3) is 5.11. The normalized spacial score (nSPS) is 19.5. The number of nitrogens with one attached hydrogen (secondary N) is 2. The van der Waals surface area contributed by atoms with Crippen LogP contribution in [0.2, 0.25) is 0 Å². The van der Waals surface area contributed by atoms with Crippen LogP contribution in [-0.4, -0.2) is 66.9 Å². The monoisotopic (exact) mass is 411 g/mol. The molecule has 9 nitrogen and oxygen atoms in total. The molecule has 0 aliphatic carbocycles. The summed E-state index contributed by atoms with van der Waals surface area (Å²) < 4.78 is 0. The van der Waals surface area contributed by atoms with Crippen molar-refractivity contribution in [3.8, 4) is 0 Å². The summed E-state index contributed by atoms with van der Waals surface area (Å²) >= 11 is 0. The van der Waals surface area contributed by atoms with E-state index < -0.39 is 4.92 Å². The van der Waals surface area contributed by atoms with Crippen molar-refractivity contribution < 1.29 is 14.5 Å². The van der Waals surface area contributed by atoms with Crippen LogP contribution < -0.4 is 15.5 Å². The maximum Gasteiger partial charge on any atom is 0.293 e. The lowest BCUT2D eigenvalue weighted by atomic mass is 10.1. The first-order valence-electron chi connectivity index (χ1n) is 9.26. The zero-order valence-corrected chi connectivity index (χ0v) is 16.7. The highest BCUT2D eigenvalue weighted by Crippen LogP contribution is 2.30. The van der Waals surface area contributed by atoms with E-state index in [0.29, 0.717) is 44.0 Å². The Hall–Kier alpha value is -2.39. The number of nitro groups is 1. The van der Waals surface area contributed by atoms with Gasteiger partial charge in [-0.15, -0.1) is 12.4 Å². The van der Waals surface area contributed by atoms with Gasteiger partial charge in [0.1, 0.15) is 5.69 Å². The van der Waals surface area contributed by atoms with Crippen LogP contribution in [-0.2, 0) is 4.79 Å². The van der Waals surface area contributed by atoms with E-state index in [1.807, 2.05) is 4.90 Å². The zero-order valence-electron chi connectivity index (χ0n) is 15.8. The molecule has 2 saturated heterocycles. The Bertz CT molecular complexity index is 731. The molecule has 2 N–H and O–H groups in total. The maximum atomic E-state index is 12.5.